The van der Waals surface area contributed by atoms with E-state index in [4.69, 9.17) is 16.6 Å². The van der Waals surface area contributed by atoms with E-state index in [1.807, 2.05) is 44.7 Å². The van der Waals surface area contributed by atoms with Gasteiger partial charge in [-0.3, -0.25) is 14.2 Å². The van der Waals surface area contributed by atoms with E-state index in [1.54, 1.807) is 22.5 Å². The molecule has 1 amide bonds. The number of pyridine rings is 1. The van der Waals surface area contributed by atoms with Crippen LogP contribution >= 0.6 is 11.6 Å². The van der Waals surface area contributed by atoms with Crippen LogP contribution in [0.2, 0.25) is 5.15 Å². The number of benzene rings is 1. The van der Waals surface area contributed by atoms with Crippen LogP contribution in [0.15, 0.2) is 29.1 Å². The van der Waals surface area contributed by atoms with E-state index >= 15 is 0 Å². The molecule has 2 N–H and O–H groups in total. The minimum atomic E-state index is -3.83. The molecule has 43 heavy (non-hydrogen) atoms. The van der Waals surface area contributed by atoms with Crippen molar-refractivity contribution in [2.45, 2.75) is 45.6 Å². The average Bonchev–Trinajstić information content (AvgIpc) is 3.28. The molecule has 0 bridgehead atoms. The predicted molar refractivity (Wildman–Crippen MR) is 165 cm³/mol. The maximum atomic E-state index is 13.6. The van der Waals surface area contributed by atoms with E-state index in [1.165, 1.54) is 6.07 Å². The summed E-state index contributed by atoms with van der Waals surface area (Å²) in [7, 11) is -0.272. The smallest absolute Gasteiger partial charge is 0.285 e. The molecular formula is C28H34ClN9O4S. The number of aryl methyl sites for hydroxylation is 3. The minimum absolute atomic E-state index is 0.0332. The SMILES string of the molecule is Cc1cc([C@@H](C)Nc2ccc(Cl)nc2C(=O)NS(C)(=O)=O)c2nc(N3CCC(c4nn(C)nc4C)CC3)n(C)c(=O)c2c1. The number of aromatic nitrogens is 6. The fourth-order valence-electron chi connectivity index (χ4n) is 5.66. The summed E-state index contributed by atoms with van der Waals surface area (Å²) in [6.07, 6.45) is 2.59. The normalized spacial score (nSPS) is 15.1. The molecule has 1 aliphatic rings. The third-order valence-corrected chi connectivity index (χ3v) is 8.37. The zero-order valence-electron chi connectivity index (χ0n) is 24.8. The number of rotatable bonds is 7. The number of hydrogen-bond acceptors (Lipinski definition) is 10. The molecule has 13 nitrogen and oxygen atoms in total. The summed E-state index contributed by atoms with van der Waals surface area (Å²) >= 11 is 6.03. The molecule has 0 radical (unpaired) electrons. The second-order valence-corrected chi connectivity index (χ2v) is 13.2. The van der Waals surface area contributed by atoms with Gasteiger partial charge in [-0.1, -0.05) is 17.7 Å². The summed E-state index contributed by atoms with van der Waals surface area (Å²) < 4.78 is 26.9. The topological polar surface area (TPSA) is 157 Å². The van der Waals surface area contributed by atoms with Gasteiger partial charge in [0.2, 0.25) is 16.0 Å². The van der Waals surface area contributed by atoms with Crippen molar-refractivity contribution in [1.29, 1.82) is 0 Å². The van der Waals surface area contributed by atoms with Crippen molar-refractivity contribution >= 4 is 50.1 Å². The largest absolute Gasteiger partial charge is 0.377 e. The number of hydrogen-bond donors (Lipinski definition) is 2. The van der Waals surface area contributed by atoms with Crippen LogP contribution in [0.4, 0.5) is 11.6 Å². The van der Waals surface area contributed by atoms with Gasteiger partial charge in [-0.15, -0.1) is 0 Å². The van der Waals surface area contributed by atoms with Crippen LogP contribution in [0.1, 0.15) is 64.7 Å². The second kappa shape index (κ2) is 11.6. The summed E-state index contributed by atoms with van der Waals surface area (Å²) in [6.45, 7) is 7.16. The number of fused-ring (bicyclic) bond motifs is 1. The van der Waals surface area contributed by atoms with E-state index in [0.29, 0.717) is 29.9 Å². The third-order valence-electron chi connectivity index (χ3n) is 7.61. The van der Waals surface area contributed by atoms with Crippen molar-refractivity contribution < 1.29 is 13.2 Å². The lowest BCUT2D eigenvalue weighted by Crippen LogP contribution is -2.38. The first-order chi connectivity index (χ1) is 20.2. The van der Waals surface area contributed by atoms with E-state index in [2.05, 4.69) is 25.4 Å². The molecule has 1 atom stereocenters. The second-order valence-electron chi connectivity index (χ2n) is 11.0. The molecule has 0 aliphatic carbocycles. The molecule has 0 saturated carbocycles. The van der Waals surface area contributed by atoms with Gasteiger partial charge in [-0.25, -0.2) is 23.1 Å². The number of nitrogens with zero attached hydrogens (tertiary/aromatic N) is 7. The number of amides is 1. The predicted octanol–water partition coefficient (Wildman–Crippen LogP) is 2.97. The summed E-state index contributed by atoms with van der Waals surface area (Å²) in [6, 6.07) is 6.37. The molecule has 5 rings (SSSR count). The number of sulfonamides is 1. The van der Waals surface area contributed by atoms with Gasteiger partial charge in [0.15, 0.2) is 5.69 Å². The molecule has 4 heterocycles. The Hall–Kier alpha value is -4.04. The Labute approximate surface area is 254 Å². The van der Waals surface area contributed by atoms with Crippen LogP contribution in [0.5, 0.6) is 0 Å². The minimum Gasteiger partial charge on any atom is -0.377 e. The van der Waals surface area contributed by atoms with E-state index < -0.39 is 22.0 Å². The van der Waals surface area contributed by atoms with Gasteiger partial charge in [0.1, 0.15) is 5.15 Å². The summed E-state index contributed by atoms with van der Waals surface area (Å²) in [5, 5.41) is 12.7. The number of carbonyl (C=O) groups is 1. The number of carbonyl (C=O) groups excluding carboxylic acids is 1. The molecule has 1 aromatic carbocycles. The van der Waals surface area contributed by atoms with Crippen molar-refractivity contribution in [3.8, 4) is 0 Å². The first kappa shape index (κ1) is 30.4. The molecule has 0 unspecified atom stereocenters. The fraction of sp³-hybridized carbons (Fsp3) is 0.429. The van der Waals surface area contributed by atoms with Crippen LogP contribution in [0.3, 0.4) is 0 Å². The summed E-state index contributed by atoms with van der Waals surface area (Å²) in [4.78, 5) is 39.2. The van der Waals surface area contributed by atoms with Crippen LogP contribution < -0.4 is 20.5 Å². The van der Waals surface area contributed by atoms with Gasteiger partial charge in [-0.05, 0) is 57.4 Å². The van der Waals surface area contributed by atoms with E-state index in [0.717, 1.165) is 41.6 Å². The Balaban J connectivity index is 1.49. The van der Waals surface area contributed by atoms with Crippen LogP contribution in [0, 0.1) is 13.8 Å². The highest BCUT2D eigenvalue weighted by atomic mass is 35.5. The Morgan fingerprint density at radius 1 is 1.09 bits per heavy atom. The van der Waals surface area contributed by atoms with Crippen molar-refractivity contribution in [1.82, 2.24) is 34.3 Å². The Morgan fingerprint density at radius 2 is 1.79 bits per heavy atom. The van der Waals surface area contributed by atoms with E-state index in [9.17, 15) is 18.0 Å². The highest BCUT2D eigenvalue weighted by molar-refractivity contribution is 7.89. The van der Waals surface area contributed by atoms with Gasteiger partial charge in [0.25, 0.3) is 11.5 Å². The molecule has 4 aromatic rings. The lowest BCUT2D eigenvalue weighted by atomic mass is 9.92. The number of piperidine rings is 1. The maximum absolute atomic E-state index is 13.6. The number of halogens is 1. The molecule has 3 aromatic heterocycles. The van der Waals surface area contributed by atoms with Gasteiger partial charge in [0, 0.05) is 38.7 Å². The zero-order chi connectivity index (χ0) is 31.2. The average molecular weight is 628 g/mol. The van der Waals surface area contributed by atoms with Crippen LogP contribution in [0.25, 0.3) is 10.9 Å². The zero-order valence-corrected chi connectivity index (χ0v) is 26.4. The number of nitrogens with one attached hydrogen (secondary N) is 2. The Morgan fingerprint density at radius 3 is 2.42 bits per heavy atom. The Bertz CT molecular complexity index is 1900. The molecule has 1 saturated heterocycles. The lowest BCUT2D eigenvalue weighted by molar-refractivity contribution is 0.0977. The first-order valence-electron chi connectivity index (χ1n) is 13.8. The van der Waals surface area contributed by atoms with Crippen LogP contribution in [-0.2, 0) is 24.1 Å². The molecule has 1 aliphatic heterocycles. The summed E-state index contributed by atoms with van der Waals surface area (Å²) in [5.41, 5.74) is 4.04. The van der Waals surface area contributed by atoms with Crippen molar-refractivity contribution in [3.05, 3.63) is 68.0 Å². The van der Waals surface area contributed by atoms with Gasteiger partial charge in [0.05, 0.1) is 40.3 Å². The van der Waals surface area contributed by atoms with Crippen molar-refractivity contribution in [3.63, 3.8) is 0 Å². The molecular weight excluding hydrogens is 594 g/mol. The van der Waals surface area contributed by atoms with E-state index in [-0.39, 0.29) is 28.0 Å². The lowest BCUT2D eigenvalue weighted by Gasteiger charge is -2.33. The highest BCUT2D eigenvalue weighted by Crippen LogP contribution is 2.32. The summed E-state index contributed by atoms with van der Waals surface area (Å²) in [5.74, 6) is -0.0550. The van der Waals surface area contributed by atoms with Gasteiger partial charge >= 0.3 is 0 Å². The standard InChI is InChI=1S/C28H34ClN9O4S/c1-15-13-19(16(2)30-21-7-8-22(29)31-25(21)26(39)35-43(6,41)42)24-20(14-15)27(40)36(4)28(32-24)38-11-9-18(10-12-38)23-17(3)33-37(5)34-23/h7-8,13-14,16,18,30H,9-12H2,1-6H3,(H,35,39)/t16-/m1/s1. The van der Waals surface area contributed by atoms with Gasteiger partial charge < -0.3 is 10.2 Å². The van der Waals surface area contributed by atoms with Crippen molar-refractivity contribution in [2.75, 3.05) is 29.6 Å². The molecule has 1 fully saturated rings. The maximum Gasteiger partial charge on any atom is 0.285 e. The van der Waals surface area contributed by atoms with Crippen LogP contribution in [-0.4, -0.2) is 63.2 Å². The van der Waals surface area contributed by atoms with Gasteiger partial charge in [-0.2, -0.15) is 15.0 Å². The molecule has 15 heteroatoms. The fourth-order valence-corrected chi connectivity index (χ4v) is 6.24. The monoisotopic (exact) mass is 627 g/mol. The number of anilines is 2. The highest BCUT2D eigenvalue weighted by Gasteiger charge is 2.28. The quantitative estimate of drug-likeness (QED) is 0.292. The molecule has 228 valence electrons. The molecule has 0 spiro atoms. The Kier molecular flexibility index (Phi) is 8.18. The first-order valence-corrected chi connectivity index (χ1v) is 16.1. The third kappa shape index (κ3) is 6.34. The van der Waals surface area contributed by atoms with Crippen molar-refractivity contribution in [2.24, 2.45) is 14.1 Å².